The van der Waals surface area contributed by atoms with Crippen molar-refractivity contribution in [2.24, 2.45) is 0 Å². The van der Waals surface area contributed by atoms with Crippen molar-refractivity contribution in [3.63, 3.8) is 0 Å². The molecule has 28 heavy (non-hydrogen) atoms. The van der Waals surface area contributed by atoms with E-state index in [1.165, 1.54) is 38.5 Å². The molecular weight excluding hydrogens is 372 g/mol. The molecule has 2 aromatic carbocycles. The van der Waals surface area contributed by atoms with Crippen LogP contribution < -0.4 is 10.2 Å². The summed E-state index contributed by atoms with van der Waals surface area (Å²) in [5.41, 5.74) is 3.30. The standard InChI is InChI=1S/C25H36O2.Ca/c1-3-5-7-9-13-20-15-11-17-22(24(20)26)19-23-18-12-16-21(25(23)27)14-10-8-6-4-2;/h11-12,15-18,26-27H,3-10,13-14,19H2,1-2H3;/q;+2/p-2. The van der Waals surface area contributed by atoms with Gasteiger partial charge in [0.1, 0.15) is 0 Å². The molecule has 0 aliphatic carbocycles. The van der Waals surface area contributed by atoms with Gasteiger partial charge in [-0.1, -0.05) is 111 Å². The summed E-state index contributed by atoms with van der Waals surface area (Å²) in [5.74, 6) is 0.253. The molecule has 0 atom stereocenters. The average molecular weight is 407 g/mol. The number of unbranched alkanes of at least 4 members (excludes halogenated alkanes) is 6. The molecule has 0 radical (unpaired) electrons. The molecule has 3 heteroatoms. The number of para-hydroxylation sites is 2. The van der Waals surface area contributed by atoms with Gasteiger partial charge in [-0.15, -0.1) is 11.5 Å². The minimum Gasteiger partial charge on any atom is -0.872 e. The Hall–Kier alpha value is -0.700. The minimum absolute atomic E-state index is 0. The van der Waals surface area contributed by atoms with Crippen molar-refractivity contribution < 1.29 is 10.2 Å². The third-order valence-electron chi connectivity index (χ3n) is 5.34. The van der Waals surface area contributed by atoms with Crippen LogP contribution in [0.4, 0.5) is 0 Å². The Labute approximate surface area is 201 Å². The average Bonchev–Trinajstić information content (AvgIpc) is 2.67. The SMILES string of the molecule is CCCCCCc1cccc(Cc2cccc(CCCCCC)c2[O-])c1[O-].[Ca+2]. The molecule has 0 fully saturated rings. The van der Waals surface area contributed by atoms with Gasteiger partial charge in [0.05, 0.1) is 0 Å². The second-order valence-corrected chi connectivity index (χ2v) is 7.61. The summed E-state index contributed by atoms with van der Waals surface area (Å²) in [6.07, 6.45) is 11.4. The van der Waals surface area contributed by atoms with E-state index in [0.29, 0.717) is 6.42 Å². The van der Waals surface area contributed by atoms with Gasteiger partial charge in [-0.3, -0.25) is 0 Å². The van der Waals surface area contributed by atoms with E-state index < -0.39 is 0 Å². The Balaban J connectivity index is 0.00000392. The van der Waals surface area contributed by atoms with E-state index in [1.54, 1.807) is 0 Å². The molecule has 0 unspecified atom stereocenters. The zero-order valence-corrected chi connectivity index (χ0v) is 20.0. The molecule has 0 N–H and O–H groups in total. The van der Waals surface area contributed by atoms with Crippen LogP contribution in [0.2, 0.25) is 0 Å². The van der Waals surface area contributed by atoms with Crippen LogP contribution in [-0.2, 0) is 19.3 Å². The zero-order valence-electron chi connectivity index (χ0n) is 17.8. The molecule has 148 valence electrons. The summed E-state index contributed by atoms with van der Waals surface area (Å²) in [4.78, 5) is 0. The quantitative estimate of drug-likeness (QED) is 0.355. The van der Waals surface area contributed by atoms with Gasteiger partial charge in [0.15, 0.2) is 0 Å². The second-order valence-electron chi connectivity index (χ2n) is 7.61. The Morgan fingerprint density at radius 2 is 0.964 bits per heavy atom. The van der Waals surface area contributed by atoms with E-state index in [9.17, 15) is 10.2 Å². The predicted octanol–water partition coefficient (Wildman–Crippen LogP) is 5.29. The molecule has 2 rings (SSSR count). The molecule has 0 saturated heterocycles. The number of hydrogen-bond acceptors (Lipinski definition) is 2. The van der Waals surface area contributed by atoms with Crippen molar-refractivity contribution in [3.05, 3.63) is 58.7 Å². The van der Waals surface area contributed by atoms with Crippen molar-refractivity contribution in [2.45, 2.75) is 84.5 Å². The monoisotopic (exact) mass is 406 g/mol. The number of rotatable bonds is 12. The first-order chi connectivity index (χ1) is 13.2. The van der Waals surface area contributed by atoms with Crippen LogP contribution >= 0.6 is 0 Å². The molecule has 0 aliphatic rings. The topological polar surface area (TPSA) is 46.1 Å². The van der Waals surface area contributed by atoms with Crippen molar-refractivity contribution in [2.75, 3.05) is 0 Å². The number of aryl methyl sites for hydroxylation is 2. The third kappa shape index (κ3) is 7.97. The second kappa shape index (κ2) is 14.3. The van der Waals surface area contributed by atoms with Crippen LogP contribution in [0.25, 0.3) is 0 Å². The third-order valence-corrected chi connectivity index (χ3v) is 5.34. The smallest absolute Gasteiger partial charge is 0.872 e. The van der Waals surface area contributed by atoms with Crippen LogP contribution in [0.1, 0.15) is 87.5 Å². The molecular formula is C25H34CaO2. The predicted molar refractivity (Wildman–Crippen MR) is 116 cm³/mol. The summed E-state index contributed by atoms with van der Waals surface area (Å²) in [6, 6.07) is 11.6. The van der Waals surface area contributed by atoms with E-state index in [1.807, 2.05) is 36.4 Å². The summed E-state index contributed by atoms with van der Waals surface area (Å²) in [5, 5.41) is 25.6. The first kappa shape index (κ1) is 25.3. The van der Waals surface area contributed by atoms with E-state index >= 15 is 0 Å². The number of hydrogen-bond donors (Lipinski definition) is 0. The van der Waals surface area contributed by atoms with Crippen molar-refractivity contribution in [3.8, 4) is 11.5 Å². The molecule has 0 spiro atoms. The van der Waals surface area contributed by atoms with Crippen LogP contribution in [0.15, 0.2) is 36.4 Å². The van der Waals surface area contributed by atoms with Crippen LogP contribution in [0.5, 0.6) is 11.5 Å². The number of benzene rings is 2. The summed E-state index contributed by atoms with van der Waals surface area (Å²) in [6.45, 7) is 4.39. The Kier molecular flexibility index (Phi) is 12.9. The normalized spacial score (nSPS) is 10.6. The van der Waals surface area contributed by atoms with Crippen molar-refractivity contribution >= 4 is 37.7 Å². The Bertz CT molecular complexity index is 637. The Morgan fingerprint density at radius 1 is 0.571 bits per heavy atom. The first-order valence-electron chi connectivity index (χ1n) is 10.7. The first-order valence-corrected chi connectivity index (χ1v) is 10.7. The maximum Gasteiger partial charge on any atom is 2.00 e. The fourth-order valence-electron chi connectivity index (χ4n) is 3.64. The molecule has 0 bridgehead atoms. The fraction of sp³-hybridized carbons (Fsp3) is 0.520. The van der Waals surface area contributed by atoms with Gasteiger partial charge in [0.2, 0.25) is 0 Å². The van der Waals surface area contributed by atoms with Gasteiger partial charge in [0.25, 0.3) is 0 Å². The maximum atomic E-state index is 12.8. The van der Waals surface area contributed by atoms with Crippen molar-refractivity contribution in [1.82, 2.24) is 0 Å². The van der Waals surface area contributed by atoms with Gasteiger partial charge in [0, 0.05) is 0 Å². The molecule has 0 amide bonds. The van der Waals surface area contributed by atoms with Crippen LogP contribution in [0, 0.1) is 0 Å². The molecule has 0 heterocycles. The minimum atomic E-state index is 0. The molecule has 2 nitrogen and oxygen atoms in total. The van der Waals surface area contributed by atoms with E-state index in [2.05, 4.69) is 13.8 Å². The Morgan fingerprint density at radius 3 is 1.36 bits per heavy atom. The van der Waals surface area contributed by atoms with Crippen LogP contribution in [-0.4, -0.2) is 37.7 Å². The summed E-state index contributed by atoms with van der Waals surface area (Å²) in [7, 11) is 0. The molecule has 0 aromatic heterocycles. The van der Waals surface area contributed by atoms with Gasteiger partial charge in [-0.05, 0) is 32.1 Å². The van der Waals surface area contributed by atoms with E-state index in [4.69, 9.17) is 0 Å². The van der Waals surface area contributed by atoms with E-state index in [0.717, 1.165) is 47.9 Å². The van der Waals surface area contributed by atoms with Gasteiger partial charge in [-0.2, -0.15) is 0 Å². The molecule has 0 saturated carbocycles. The molecule has 2 aromatic rings. The fourth-order valence-corrected chi connectivity index (χ4v) is 3.64. The van der Waals surface area contributed by atoms with E-state index in [-0.39, 0.29) is 49.2 Å². The van der Waals surface area contributed by atoms with Crippen LogP contribution in [0.3, 0.4) is 0 Å². The summed E-state index contributed by atoms with van der Waals surface area (Å²) >= 11 is 0. The van der Waals surface area contributed by atoms with Gasteiger partial charge < -0.3 is 10.2 Å². The summed E-state index contributed by atoms with van der Waals surface area (Å²) < 4.78 is 0. The van der Waals surface area contributed by atoms with Crippen molar-refractivity contribution in [1.29, 1.82) is 0 Å². The molecule has 0 aliphatic heterocycles. The largest absolute Gasteiger partial charge is 2.00 e. The zero-order chi connectivity index (χ0) is 19.5. The maximum absolute atomic E-state index is 12.8. The van der Waals surface area contributed by atoms with Gasteiger partial charge >= 0.3 is 37.7 Å². The van der Waals surface area contributed by atoms with Gasteiger partial charge in [-0.25, -0.2) is 0 Å².